The predicted molar refractivity (Wildman–Crippen MR) is 111 cm³/mol. The van der Waals surface area contributed by atoms with Crippen LogP contribution in [0.5, 0.6) is 0 Å². The van der Waals surface area contributed by atoms with Crippen molar-refractivity contribution in [2.75, 3.05) is 13.1 Å². The number of imidazole rings is 1. The Kier molecular flexibility index (Phi) is 11.4. The summed E-state index contributed by atoms with van der Waals surface area (Å²) < 4.78 is 0. The Balaban J connectivity index is 2.93. The van der Waals surface area contributed by atoms with Gasteiger partial charge >= 0.3 is 5.97 Å². The second kappa shape index (κ2) is 13.7. The van der Waals surface area contributed by atoms with Crippen LogP contribution in [0.1, 0.15) is 31.4 Å². The van der Waals surface area contributed by atoms with Crippen molar-refractivity contribution in [3.8, 4) is 0 Å². The van der Waals surface area contributed by atoms with Crippen LogP contribution in [0.2, 0.25) is 0 Å². The van der Waals surface area contributed by atoms with E-state index in [4.69, 9.17) is 17.2 Å². The summed E-state index contributed by atoms with van der Waals surface area (Å²) in [5.74, 6) is -4.40. The van der Waals surface area contributed by atoms with Gasteiger partial charge < -0.3 is 43.2 Å². The second-order valence-corrected chi connectivity index (χ2v) is 7.02. The number of unbranched alkanes of at least 4 members (excludes halogenated alkanes) is 1. The fraction of sp³-hybridized carbons (Fsp3) is 0.556. The minimum Gasteiger partial charge on any atom is -0.480 e. The third-order valence-corrected chi connectivity index (χ3v) is 4.42. The summed E-state index contributed by atoms with van der Waals surface area (Å²) in [7, 11) is 0. The van der Waals surface area contributed by atoms with Gasteiger partial charge in [-0.3, -0.25) is 19.2 Å². The van der Waals surface area contributed by atoms with Gasteiger partial charge in [0.25, 0.3) is 0 Å². The van der Waals surface area contributed by atoms with Gasteiger partial charge in [-0.2, -0.15) is 0 Å². The maximum absolute atomic E-state index is 12.8. The first-order valence-corrected chi connectivity index (χ1v) is 9.96. The first kappa shape index (κ1) is 26.5. The number of nitrogens with two attached hydrogens (primary N) is 3. The molecule has 0 fully saturated rings. The number of H-pyrrole nitrogens is 1. The highest BCUT2D eigenvalue weighted by Gasteiger charge is 2.30. The van der Waals surface area contributed by atoms with Gasteiger partial charge in [0.1, 0.15) is 18.1 Å². The molecule has 0 aliphatic carbocycles. The van der Waals surface area contributed by atoms with E-state index in [1.165, 1.54) is 12.5 Å². The number of hydrogen-bond acceptors (Lipinski definition) is 8. The standard InChI is InChI=1S/C18H30N8O6/c19-4-2-1-3-11(25-17(30)12(6-14(21)27)24-15(28)7-20)16(29)26-13(18(31)32)5-10-8-22-9-23-10/h8-9,11-13H,1-7,19-20H2,(H2,21,27)(H,22,23)(H,24,28)(H,25,30)(H,26,29)(H,31,32). The molecule has 0 aliphatic heterocycles. The summed E-state index contributed by atoms with van der Waals surface area (Å²) in [5.41, 5.74) is 16.3. The lowest BCUT2D eigenvalue weighted by atomic mass is 10.1. The number of aromatic amines is 1. The lowest BCUT2D eigenvalue weighted by Crippen LogP contribution is -2.57. The molecule has 14 heteroatoms. The molecule has 11 N–H and O–H groups in total. The fourth-order valence-electron chi connectivity index (χ4n) is 2.79. The Morgan fingerprint density at radius 2 is 1.66 bits per heavy atom. The predicted octanol–water partition coefficient (Wildman–Crippen LogP) is -3.55. The molecule has 1 heterocycles. The third kappa shape index (κ3) is 9.53. The lowest BCUT2D eigenvalue weighted by Gasteiger charge is -2.24. The molecule has 4 amide bonds. The number of aromatic nitrogens is 2. The molecule has 0 aromatic carbocycles. The van der Waals surface area contributed by atoms with Crippen molar-refractivity contribution >= 4 is 29.6 Å². The van der Waals surface area contributed by atoms with Crippen LogP contribution in [0.15, 0.2) is 12.5 Å². The Morgan fingerprint density at radius 3 is 2.19 bits per heavy atom. The molecule has 3 unspecified atom stereocenters. The number of hydrogen-bond donors (Lipinski definition) is 8. The number of primary amides is 1. The fourth-order valence-corrected chi connectivity index (χ4v) is 2.79. The molecule has 1 aromatic heterocycles. The molecule has 0 aliphatic rings. The smallest absolute Gasteiger partial charge is 0.326 e. The normalized spacial score (nSPS) is 13.4. The van der Waals surface area contributed by atoms with E-state index in [2.05, 4.69) is 25.9 Å². The van der Waals surface area contributed by atoms with Crippen molar-refractivity contribution in [2.24, 2.45) is 17.2 Å². The van der Waals surface area contributed by atoms with Crippen LogP contribution in [0.3, 0.4) is 0 Å². The molecule has 3 atom stereocenters. The lowest BCUT2D eigenvalue weighted by molar-refractivity contribution is -0.142. The molecular formula is C18H30N8O6. The minimum absolute atomic E-state index is 0.0542. The van der Waals surface area contributed by atoms with Gasteiger partial charge in [-0.25, -0.2) is 9.78 Å². The highest BCUT2D eigenvalue weighted by molar-refractivity contribution is 5.95. The summed E-state index contributed by atoms with van der Waals surface area (Å²) >= 11 is 0. The van der Waals surface area contributed by atoms with E-state index < -0.39 is 60.7 Å². The topological polar surface area (TPSA) is 248 Å². The van der Waals surface area contributed by atoms with Gasteiger partial charge in [0.2, 0.25) is 23.6 Å². The van der Waals surface area contributed by atoms with Crippen molar-refractivity contribution in [3.05, 3.63) is 18.2 Å². The van der Waals surface area contributed by atoms with Crippen LogP contribution in [0, 0.1) is 0 Å². The molecule has 0 radical (unpaired) electrons. The molecule has 0 spiro atoms. The monoisotopic (exact) mass is 454 g/mol. The molecular weight excluding hydrogens is 424 g/mol. The number of aliphatic carboxylic acids is 1. The minimum atomic E-state index is -1.34. The molecule has 178 valence electrons. The van der Waals surface area contributed by atoms with Crippen molar-refractivity contribution in [3.63, 3.8) is 0 Å². The van der Waals surface area contributed by atoms with Crippen LogP contribution in [0.25, 0.3) is 0 Å². The molecule has 1 aromatic rings. The zero-order valence-electron chi connectivity index (χ0n) is 17.5. The number of nitrogens with zero attached hydrogens (tertiary/aromatic N) is 1. The highest BCUT2D eigenvalue weighted by Crippen LogP contribution is 2.05. The zero-order valence-corrected chi connectivity index (χ0v) is 17.5. The third-order valence-electron chi connectivity index (χ3n) is 4.42. The SMILES string of the molecule is NCCCCC(NC(=O)C(CC(N)=O)NC(=O)CN)C(=O)NC(Cc1cnc[nH]1)C(=O)O. The largest absolute Gasteiger partial charge is 0.480 e. The van der Waals surface area contributed by atoms with Crippen molar-refractivity contribution in [1.29, 1.82) is 0 Å². The maximum Gasteiger partial charge on any atom is 0.326 e. The summed E-state index contributed by atoms with van der Waals surface area (Å²) in [5, 5.41) is 16.5. The quantitative estimate of drug-likeness (QED) is 0.122. The number of carbonyl (C=O) groups excluding carboxylic acids is 4. The van der Waals surface area contributed by atoms with E-state index in [-0.39, 0.29) is 12.8 Å². The summed E-state index contributed by atoms with van der Waals surface area (Å²) in [6.45, 7) is -0.0619. The number of rotatable bonds is 15. The van der Waals surface area contributed by atoms with Crippen molar-refractivity contribution < 1.29 is 29.1 Å². The average molecular weight is 454 g/mol. The van der Waals surface area contributed by atoms with E-state index in [9.17, 15) is 29.1 Å². The Hall–Kier alpha value is -3.52. The van der Waals surface area contributed by atoms with E-state index in [0.717, 1.165) is 0 Å². The second-order valence-electron chi connectivity index (χ2n) is 7.02. The van der Waals surface area contributed by atoms with Gasteiger partial charge in [-0.15, -0.1) is 0 Å². The summed E-state index contributed by atoms with van der Waals surface area (Å²) in [6, 6.07) is -3.76. The van der Waals surface area contributed by atoms with Crippen LogP contribution >= 0.6 is 0 Å². The molecule has 0 saturated carbocycles. The van der Waals surface area contributed by atoms with E-state index in [1.807, 2.05) is 0 Å². The van der Waals surface area contributed by atoms with Crippen molar-refractivity contribution in [1.82, 2.24) is 25.9 Å². The number of nitrogens with one attached hydrogen (secondary N) is 4. The first-order valence-electron chi connectivity index (χ1n) is 9.96. The van der Waals surface area contributed by atoms with Gasteiger partial charge in [0.05, 0.1) is 19.3 Å². The summed E-state index contributed by atoms with van der Waals surface area (Å²) in [4.78, 5) is 66.4. The van der Waals surface area contributed by atoms with Crippen LogP contribution in [-0.2, 0) is 30.4 Å². The average Bonchev–Trinajstić information content (AvgIpc) is 3.24. The maximum atomic E-state index is 12.8. The van der Waals surface area contributed by atoms with Gasteiger partial charge in [0, 0.05) is 18.3 Å². The Labute approximate surface area is 184 Å². The first-order chi connectivity index (χ1) is 15.2. The number of carboxylic acids is 1. The van der Waals surface area contributed by atoms with E-state index in [1.54, 1.807) is 0 Å². The number of amides is 4. The van der Waals surface area contributed by atoms with Gasteiger partial charge in [0.15, 0.2) is 0 Å². The zero-order chi connectivity index (χ0) is 24.1. The van der Waals surface area contributed by atoms with Gasteiger partial charge in [-0.05, 0) is 25.8 Å². The molecule has 32 heavy (non-hydrogen) atoms. The number of carbonyl (C=O) groups is 5. The molecule has 0 bridgehead atoms. The highest BCUT2D eigenvalue weighted by atomic mass is 16.4. The molecule has 0 saturated heterocycles. The van der Waals surface area contributed by atoms with Crippen LogP contribution < -0.4 is 33.2 Å². The number of carboxylic acid groups (broad SMARTS) is 1. The van der Waals surface area contributed by atoms with Crippen molar-refractivity contribution in [2.45, 2.75) is 50.2 Å². The van der Waals surface area contributed by atoms with Crippen LogP contribution in [0.4, 0.5) is 0 Å². The van der Waals surface area contributed by atoms with E-state index in [0.29, 0.717) is 25.1 Å². The van der Waals surface area contributed by atoms with Crippen LogP contribution in [-0.4, -0.2) is 75.9 Å². The Morgan fingerprint density at radius 1 is 1.00 bits per heavy atom. The van der Waals surface area contributed by atoms with E-state index >= 15 is 0 Å². The van der Waals surface area contributed by atoms with Gasteiger partial charge in [-0.1, -0.05) is 0 Å². The Bertz CT molecular complexity index is 784. The summed E-state index contributed by atoms with van der Waals surface area (Å²) in [6.07, 6.45) is 3.41. The molecule has 14 nitrogen and oxygen atoms in total. The molecule has 1 rings (SSSR count).